The Balaban J connectivity index is 1.83. The van der Waals surface area contributed by atoms with Crippen LogP contribution in [0.1, 0.15) is 23.7 Å². The summed E-state index contributed by atoms with van der Waals surface area (Å²) in [6.07, 6.45) is 2.92. The summed E-state index contributed by atoms with van der Waals surface area (Å²) < 4.78 is 7.38. The first-order valence-corrected chi connectivity index (χ1v) is 7.10. The molecule has 1 N–H and O–H groups in total. The normalized spacial score (nSPS) is 10.8. The molecule has 0 aliphatic rings. The molecule has 2 aromatic rings. The predicted molar refractivity (Wildman–Crippen MR) is 81.0 cm³/mol. The molecular formula is C16H23N3O. The van der Waals surface area contributed by atoms with E-state index in [1.807, 2.05) is 29.1 Å². The molecule has 0 amide bonds. The van der Waals surface area contributed by atoms with Crippen LogP contribution >= 0.6 is 0 Å². The standard InChI is InChI=1S/C16H23N3O/c1-4-19-13(2)15(12-18-19)11-17-10-9-14-7-5-6-8-16(14)20-3/h5-8,12,17H,4,9-11H2,1-3H3. The topological polar surface area (TPSA) is 39.1 Å². The Bertz CT molecular complexity index is 548. The number of para-hydroxylation sites is 1. The second-order valence-electron chi connectivity index (χ2n) is 4.81. The van der Waals surface area contributed by atoms with E-state index in [4.69, 9.17) is 4.74 Å². The molecular weight excluding hydrogens is 250 g/mol. The zero-order chi connectivity index (χ0) is 14.4. The van der Waals surface area contributed by atoms with Crippen molar-refractivity contribution in [1.29, 1.82) is 0 Å². The van der Waals surface area contributed by atoms with Crippen molar-refractivity contribution in [2.75, 3.05) is 13.7 Å². The summed E-state index contributed by atoms with van der Waals surface area (Å²) in [5.74, 6) is 0.962. The molecule has 0 fully saturated rings. The molecule has 0 bridgehead atoms. The van der Waals surface area contributed by atoms with Crippen molar-refractivity contribution in [3.63, 3.8) is 0 Å². The van der Waals surface area contributed by atoms with E-state index in [0.717, 1.165) is 31.8 Å². The van der Waals surface area contributed by atoms with Crippen molar-refractivity contribution in [2.45, 2.75) is 33.4 Å². The molecule has 0 saturated carbocycles. The Labute approximate surface area is 120 Å². The SMILES string of the molecule is CCn1ncc(CNCCc2ccccc2OC)c1C. The summed E-state index contributed by atoms with van der Waals surface area (Å²) in [6.45, 7) is 6.94. The average Bonchev–Trinajstić information content (AvgIpc) is 2.84. The maximum atomic E-state index is 5.36. The average molecular weight is 273 g/mol. The third-order valence-corrected chi connectivity index (χ3v) is 3.58. The van der Waals surface area contributed by atoms with Gasteiger partial charge in [-0.1, -0.05) is 18.2 Å². The van der Waals surface area contributed by atoms with E-state index >= 15 is 0 Å². The molecule has 1 aromatic carbocycles. The largest absolute Gasteiger partial charge is 0.496 e. The molecule has 2 rings (SSSR count). The lowest BCUT2D eigenvalue weighted by Crippen LogP contribution is -2.17. The Morgan fingerprint density at radius 3 is 2.75 bits per heavy atom. The van der Waals surface area contributed by atoms with E-state index in [-0.39, 0.29) is 0 Å². The Morgan fingerprint density at radius 1 is 1.25 bits per heavy atom. The molecule has 1 aromatic heterocycles. The predicted octanol–water partition coefficient (Wildman–Crippen LogP) is 2.55. The highest BCUT2D eigenvalue weighted by Crippen LogP contribution is 2.17. The summed E-state index contributed by atoms with van der Waals surface area (Å²) in [5, 5.41) is 7.83. The van der Waals surface area contributed by atoms with Crippen LogP contribution in [0, 0.1) is 6.92 Å². The highest BCUT2D eigenvalue weighted by molar-refractivity contribution is 5.33. The molecule has 4 heteroatoms. The van der Waals surface area contributed by atoms with Gasteiger partial charge >= 0.3 is 0 Å². The van der Waals surface area contributed by atoms with Crippen LogP contribution in [0.2, 0.25) is 0 Å². The van der Waals surface area contributed by atoms with Crippen molar-refractivity contribution >= 4 is 0 Å². The van der Waals surface area contributed by atoms with Crippen LogP contribution in [-0.4, -0.2) is 23.4 Å². The van der Waals surface area contributed by atoms with Crippen LogP contribution < -0.4 is 10.1 Å². The maximum Gasteiger partial charge on any atom is 0.122 e. The second-order valence-corrected chi connectivity index (χ2v) is 4.81. The molecule has 0 atom stereocenters. The Kier molecular flexibility index (Phi) is 5.18. The molecule has 0 radical (unpaired) electrons. The molecule has 0 aliphatic carbocycles. The first kappa shape index (κ1) is 14.6. The number of methoxy groups -OCH3 is 1. The van der Waals surface area contributed by atoms with Gasteiger partial charge in [0.25, 0.3) is 0 Å². The minimum atomic E-state index is 0.862. The first-order valence-electron chi connectivity index (χ1n) is 7.10. The van der Waals surface area contributed by atoms with Gasteiger partial charge in [0.05, 0.1) is 13.3 Å². The summed E-state index contributed by atoms with van der Waals surface area (Å²) in [5.41, 5.74) is 3.76. The van der Waals surface area contributed by atoms with Gasteiger partial charge in [-0.3, -0.25) is 4.68 Å². The number of nitrogens with one attached hydrogen (secondary N) is 1. The van der Waals surface area contributed by atoms with Gasteiger partial charge < -0.3 is 10.1 Å². The summed E-state index contributed by atoms with van der Waals surface area (Å²) in [7, 11) is 1.72. The fourth-order valence-corrected chi connectivity index (χ4v) is 2.33. The van der Waals surface area contributed by atoms with Gasteiger partial charge in [-0.25, -0.2) is 0 Å². The number of rotatable bonds is 7. The number of hydrogen-bond acceptors (Lipinski definition) is 3. The van der Waals surface area contributed by atoms with E-state index in [2.05, 4.69) is 30.3 Å². The third-order valence-electron chi connectivity index (χ3n) is 3.58. The lowest BCUT2D eigenvalue weighted by atomic mass is 10.1. The van der Waals surface area contributed by atoms with Gasteiger partial charge in [0, 0.05) is 24.3 Å². The number of aryl methyl sites for hydroxylation is 1. The number of nitrogens with zero attached hydrogens (tertiary/aromatic N) is 2. The zero-order valence-electron chi connectivity index (χ0n) is 12.5. The van der Waals surface area contributed by atoms with Crippen molar-refractivity contribution in [2.24, 2.45) is 0 Å². The molecule has 0 spiro atoms. The van der Waals surface area contributed by atoms with Crippen LogP contribution in [0.5, 0.6) is 5.75 Å². The van der Waals surface area contributed by atoms with Crippen molar-refractivity contribution in [1.82, 2.24) is 15.1 Å². The van der Waals surface area contributed by atoms with E-state index in [0.29, 0.717) is 0 Å². The fraction of sp³-hybridized carbons (Fsp3) is 0.438. The molecule has 0 unspecified atom stereocenters. The number of ether oxygens (including phenoxy) is 1. The summed E-state index contributed by atoms with van der Waals surface area (Å²) >= 11 is 0. The Hall–Kier alpha value is -1.81. The van der Waals surface area contributed by atoms with Gasteiger partial charge in [0.1, 0.15) is 5.75 Å². The lowest BCUT2D eigenvalue weighted by molar-refractivity contribution is 0.409. The highest BCUT2D eigenvalue weighted by Gasteiger charge is 2.05. The molecule has 0 aliphatic heterocycles. The van der Waals surface area contributed by atoms with Crippen molar-refractivity contribution < 1.29 is 4.74 Å². The number of aromatic nitrogens is 2. The molecule has 20 heavy (non-hydrogen) atoms. The van der Waals surface area contributed by atoms with E-state index < -0.39 is 0 Å². The van der Waals surface area contributed by atoms with Crippen LogP contribution in [0.25, 0.3) is 0 Å². The van der Waals surface area contributed by atoms with Gasteiger partial charge in [-0.2, -0.15) is 5.10 Å². The second kappa shape index (κ2) is 7.10. The first-order chi connectivity index (χ1) is 9.76. The summed E-state index contributed by atoms with van der Waals surface area (Å²) in [4.78, 5) is 0. The van der Waals surface area contributed by atoms with Crippen molar-refractivity contribution in [3.05, 3.63) is 47.3 Å². The maximum absolute atomic E-state index is 5.36. The quantitative estimate of drug-likeness (QED) is 0.788. The minimum absolute atomic E-state index is 0.862. The van der Waals surface area contributed by atoms with Crippen LogP contribution in [0.3, 0.4) is 0 Å². The third kappa shape index (κ3) is 3.39. The smallest absolute Gasteiger partial charge is 0.122 e. The number of hydrogen-bond donors (Lipinski definition) is 1. The zero-order valence-corrected chi connectivity index (χ0v) is 12.5. The lowest BCUT2D eigenvalue weighted by Gasteiger charge is -2.09. The van der Waals surface area contributed by atoms with E-state index in [1.54, 1.807) is 7.11 Å². The van der Waals surface area contributed by atoms with Gasteiger partial charge in [0.15, 0.2) is 0 Å². The fourth-order valence-electron chi connectivity index (χ4n) is 2.33. The van der Waals surface area contributed by atoms with Crippen LogP contribution in [0.4, 0.5) is 0 Å². The van der Waals surface area contributed by atoms with Crippen LogP contribution in [0.15, 0.2) is 30.5 Å². The van der Waals surface area contributed by atoms with Gasteiger partial charge in [-0.15, -0.1) is 0 Å². The molecule has 1 heterocycles. The monoisotopic (exact) mass is 273 g/mol. The van der Waals surface area contributed by atoms with Crippen molar-refractivity contribution in [3.8, 4) is 5.75 Å². The molecule has 0 saturated heterocycles. The van der Waals surface area contributed by atoms with E-state index in [9.17, 15) is 0 Å². The van der Waals surface area contributed by atoms with Crippen LogP contribution in [-0.2, 0) is 19.5 Å². The molecule has 108 valence electrons. The molecule has 4 nitrogen and oxygen atoms in total. The minimum Gasteiger partial charge on any atom is -0.496 e. The van der Waals surface area contributed by atoms with Gasteiger partial charge in [-0.05, 0) is 38.4 Å². The summed E-state index contributed by atoms with van der Waals surface area (Å²) in [6, 6.07) is 8.16. The number of benzene rings is 1. The Morgan fingerprint density at radius 2 is 2.05 bits per heavy atom. The van der Waals surface area contributed by atoms with E-state index in [1.165, 1.54) is 16.8 Å². The highest BCUT2D eigenvalue weighted by atomic mass is 16.5. The van der Waals surface area contributed by atoms with Gasteiger partial charge in [0.2, 0.25) is 0 Å².